The number of hydrogen-bond donors (Lipinski definition) is 3. The van der Waals surface area contributed by atoms with Gasteiger partial charge >= 0.3 is 6.09 Å². The number of aliphatic hydroxyl groups is 1. The molecule has 2 unspecified atom stereocenters. The zero-order chi connectivity index (χ0) is 31.9. The summed E-state index contributed by atoms with van der Waals surface area (Å²) in [4.78, 5) is 42.9. The number of carbonyl (C=O) groups excluding carboxylic acids is 3. The van der Waals surface area contributed by atoms with Crippen LogP contribution < -0.4 is 10.6 Å². The molecule has 8 heteroatoms. The largest absolute Gasteiger partial charge is 0.444 e. The highest BCUT2D eigenvalue weighted by Gasteiger charge is 2.36. The van der Waals surface area contributed by atoms with E-state index in [4.69, 9.17) is 4.74 Å². The second-order valence-electron chi connectivity index (χ2n) is 12.0. The summed E-state index contributed by atoms with van der Waals surface area (Å²) in [6, 6.07) is 26.3. The Balaban J connectivity index is 1.74. The van der Waals surface area contributed by atoms with Crippen LogP contribution in [0.25, 0.3) is 10.8 Å². The Kier molecular flexibility index (Phi) is 10.4. The number of fused-ring (bicyclic) bond motifs is 1. The van der Waals surface area contributed by atoms with E-state index in [0.717, 1.165) is 27.5 Å². The average Bonchev–Trinajstić information content (AvgIpc) is 2.95. The maximum absolute atomic E-state index is 14.4. The van der Waals surface area contributed by atoms with E-state index in [-0.39, 0.29) is 19.6 Å². The Bertz CT molecular complexity index is 1590. The zero-order valence-electron chi connectivity index (χ0n) is 26.0. The van der Waals surface area contributed by atoms with Crippen LogP contribution >= 0.6 is 0 Å². The molecule has 0 bridgehead atoms. The van der Waals surface area contributed by atoms with Crippen molar-refractivity contribution in [3.63, 3.8) is 0 Å². The van der Waals surface area contributed by atoms with E-state index < -0.39 is 35.6 Å². The van der Waals surface area contributed by atoms with E-state index in [1.54, 1.807) is 20.8 Å². The molecule has 0 heterocycles. The summed E-state index contributed by atoms with van der Waals surface area (Å²) in [7, 11) is 0. The van der Waals surface area contributed by atoms with Crippen LogP contribution in [0.15, 0.2) is 91.0 Å². The van der Waals surface area contributed by atoms with Gasteiger partial charge in [-0.2, -0.15) is 0 Å². The first kappa shape index (κ1) is 32.2. The van der Waals surface area contributed by atoms with Crippen molar-refractivity contribution in [2.45, 2.75) is 58.7 Å². The van der Waals surface area contributed by atoms with Crippen molar-refractivity contribution in [3.8, 4) is 0 Å². The highest BCUT2D eigenvalue weighted by Crippen LogP contribution is 2.28. The predicted molar refractivity (Wildman–Crippen MR) is 173 cm³/mol. The summed E-state index contributed by atoms with van der Waals surface area (Å²) < 4.78 is 5.48. The molecule has 0 radical (unpaired) electrons. The molecule has 0 aliphatic heterocycles. The molecule has 0 saturated heterocycles. The van der Waals surface area contributed by atoms with E-state index in [9.17, 15) is 19.5 Å². The lowest BCUT2D eigenvalue weighted by Gasteiger charge is -2.34. The first-order chi connectivity index (χ1) is 20.9. The second-order valence-corrected chi connectivity index (χ2v) is 12.0. The highest BCUT2D eigenvalue weighted by atomic mass is 16.6. The van der Waals surface area contributed by atoms with Gasteiger partial charge in [-0.25, -0.2) is 4.79 Å². The maximum Gasteiger partial charge on any atom is 0.408 e. The molecular weight excluding hydrogens is 554 g/mol. The second kappa shape index (κ2) is 14.2. The molecule has 230 valence electrons. The minimum atomic E-state index is -1.10. The third kappa shape index (κ3) is 8.67. The van der Waals surface area contributed by atoms with Crippen LogP contribution in [-0.4, -0.2) is 52.7 Å². The molecule has 0 spiro atoms. The molecule has 4 aromatic carbocycles. The molecule has 44 heavy (non-hydrogen) atoms. The molecular formula is C36H41N3O5. The Hall–Kier alpha value is -4.69. The number of aryl methyl sites for hydroxylation is 2. The Morgan fingerprint density at radius 2 is 1.48 bits per heavy atom. The smallest absolute Gasteiger partial charge is 0.408 e. The van der Waals surface area contributed by atoms with E-state index in [2.05, 4.69) is 10.6 Å². The lowest BCUT2D eigenvalue weighted by Crippen LogP contribution is -2.53. The Labute approximate surface area is 259 Å². The molecule has 0 saturated carbocycles. The van der Waals surface area contributed by atoms with Gasteiger partial charge in [0.05, 0.1) is 6.61 Å². The number of hydrogen-bond acceptors (Lipinski definition) is 5. The third-order valence-electron chi connectivity index (χ3n) is 7.03. The minimum Gasteiger partial charge on any atom is -0.444 e. The molecule has 0 aliphatic rings. The number of rotatable bonds is 10. The summed E-state index contributed by atoms with van der Waals surface area (Å²) in [6.07, 6.45) is -0.591. The van der Waals surface area contributed by atoms with Crippen LogP contribution in [0.1, 0.15) is 49.1 Å². The van der Waals surface area contributed by atoms with Crippen molar-refractivity contribution in [2.24, 2.45) is 0 Å². The van der Waals surface area contributed by atoms with Crippen LogP contribution in [0, 0.1) is 13.8 Å². The quantitative estimate of drug-likeness (QED) is 0.206. The van der Waals surface area contributed by atoms with Crippen LogP contribution in [0.3, 0.4) is 0 Å². The van der Waals surface area contributed by atoms with Crippen LogP contribution in [-0.2, 0) is 20.7 Å². The highest BCUT2D eigenvalue weighted by molar-refractivity contribution is 6.00. The zero-order valence-corrected chi connectivity index (χ0v) is 26.0. The van der Waals surface area contributed by atoms with E-state index in [1.165, 1.54) is 4.90 Å². The molecule has 0 aliphatic carbocycles. The van der Waals surface area contributed by atoms with Crippen molar-refractivity contribution >= 4 is 34.4 Å². The monoisotopic (exact) mass is 595 g/mol. The van der Waals surface area contributed by atoms with Gasteiger partial charge in [0.25, 0.3) is 5.91 Å². The summed E-state index contributed by atoms with van der Waals surface area (Å²) in [6.45, 7) is 8.55. The third-order valence-corrected chi connectivity index (χ3v) is 7.03. The lowest BCUT2D eigenvalue weighted by atomic mass is 9.97. The van der Waals surface area contributed by atoms with Crippen LogP contribution in [0.4, 0.5) is 10.5 Å². The van der Waals surface area contributed by atoms with E-state index in [1.807, 2.05) is 105 Å². The lowest BCUT2D eigenvalue weighted by molar-refractivity contribution is -0.141. The van der Waals surface area contributed by atoms with Gasteiger partial charge in [-0.1, -0.05) is 90.0 Å². The van der Waals surface area contributed by atoms with Crippen molar-refractivity contribution in [3.05, 3.63) is 113 Å². The van der Waals surface area contributed by atoms with Gasteiger partial charge in [-0.15, -0.1) is 0 Å². The number of carbonyl (C=O) groups is 3. The molecule has 4 aromatic rings. The average molecular weight is 596 g/mol. The number of anilines is 1. The standard InChI is InChI=1S/C36H41N3O5/c1-24-19-25(2)21-29(20-24)32(33(41)37-30-16-15-27-13-9-10-14-28(27)23-30)39(17-18-40)34(42)31(22-26-11-7-6-8-12-26)38-35(43)44-36(3,4)5/h6-16,19-21,23,31-32,40H,17-18,22H2,1-5H3,(H,37,41)(H,38,43). The molecule has 2 atom stereocenters. The predicted octanol–water partition coefficient (Wildman–Crippen LogP) is 6.09. The van der Waals surface area contributed by atoms with E-state index in [0.29, 0.717) is 11.3 Å². The molecule has 3 amide bonds. The molecule has 4 rings (SSSR count). The first-order valence-corrected chi connectivity index (χ1v) is 14.8. The fourth-order valence-corrected chi connectivity index (χ4v) is 5.29. The molecule has 8 nitrogen and oxygen atoms in total. The van der Waals surface area contributed by atoms with Gasteiger partial charge in [0, 0.05) is 18.7 Å². The Morgan fingerprint density at radius 3 is 2.11 bits per heavy atom. The number of nitrogens with one attached hydrogen (secondary N) is 2. The SMILES string of the molecule is Cc1cc(C)cc(C(C(=O)Nc2ccc3ccccc3c2)N(CCO)C(=O)C(Cc2ccccc2)NC(=O)OC(C)(C)C)c1. The number of aliphatic hydroxyl groups excluding tert-OH is 1. The van der Waals surface area contributed by atoms with Crippen molar-refractivity contribution in [1.29, 1.82) is 0 Å². The molecule has 3 N–H and O–H groups in total. The van der Waals surface area contributed by atoms with Gasteiger partial charge in [0.2, 0.25) is 5.91 Å². The fraction of sp³-hybridized carbons (Fsp3) is 0.306. The summed E-state index contributed by atoms with van der Waals surface area (Å²) >= 11 is 0. The number of ether oxygens (including phenoxy) is 1. The van der Waals surface area contributed by atoms with Gasteiger partial charge in [0.1, 0.15) is 17.7 Å². The van der Waals surface area contributed by atoms with Crippen LogP contribution in [0.5, 0.6) is 0 Å². The van der Waals surface area contributed by atoms with Gasteiger partial charge in [-0.3, -0.25) is 9.59 Å². The summed E-state index contributed by atoms with van der Waals surface area (Å²) in [5.74, 6) is -0.964. The molecule has 0 fully saturated rings. The minimum absolute atomic E-state index is 0.136. The number of amides is 3. The summed E-state index contributed by atoms with van der Waals surface area (Å²) in [5, 5.41) is 17.9. The summed E-state index contributed by atoms with van der Waals surface area (Å²) in [5.41, 5.74) is 3.05. The van der Waals surface area contributed by atoms with Crippen molar-refractivity contribution < 1.29 is 24.2 Å². The normalized spacial score (nSPS) is 12.7. The van der Waals surface area contributed by atoms with Gasteiger partial charge in [-0.05, 0) is 68.7 Å². The van der Waals surface area contributed by atoms with Crippen molar-refractivity contribution in [2.75, 3.05) is 18.5 Å². The van der Waals surface area contributed by atoms with Crippen molar-refractivity contribution in [1.82, 2.24) is 10.2 Å². The van der Waals surface area contributed by atoms with Gasteiger partial charge in [0.15, 0.2) is 0 Å². The van der Waals surface area contributed by atoms with Crippen LogP contribution in [0.2, 0.25) is 0 Å². The van der Waals surface area contributed by atoms with E-state index >= 15 is 0 Å². The number of alkyl carbamates (subject to hydrolysis) is 1. The first-order valence-electron chi connectivity index (χ1n) is 14.8. The molecule has 0 aromatic heterocycles. The number of benzene rings is 4. The number of nitrogens with zero attached hydrogens (tertiary/aromatic N) is 1. The fourth-order valence-electron chi connectivity index (χ4n) is 5.29. The Morgan fingerprint density at radius 1 is 0.841 bits per heavy atom. The van der Waals surface area contributed by atoms with Gasteiger partial charge < -0.3 is 25.4 Å². The maximum atomic E-state index is 14.4. The topological polar surface area (TPSA) is 108 Å².